The molecule has 0 unspecified atom stereocenters. The summed E-state index contributed by atoms with van der Waals surface area (Å²) in [5.41, 5.74) is 3.05. The molecule has 0 saturated heterocycles. The second-order valence-electron chi connectivity index (χ2n) is 9.59. The summed E-state index contributed by atoms with van der Waals surface area (Å²) < 4.78 is 5.26. The predicted molar refractivity (Wildman–Crippen MR) is 162 cm³/mol. The lowest BCUT2D eigenvalue weighted by Crippen LogP contribution is -2.42. The minimum absolute atomic E-state index is 0.143. The van der Waals surface area contributed by atoms with Gasteiger partial charge in [-0.1, -0.05) is 67.2 Å². The van der Waals surface area contributed by atoms with Gasteiger partial charge in [0.05, 0.1) is 18.0 Å². The summed E-state index contributed by atoms with van der Waals surface area (Å²) in [5.74, 6) is 0.542. The van der Waals surface area contributed by atoms with Gasteiger partial charge in [0.2, 0.25) is 11.8 Å². The van der Waals surface area contributed by atoms with Gasteiger partial charge in [-0.15, -0.1) is 0 Å². The van der Waals surface area contributed by atoms with E-state index < -0.39 is 11.3 Å². The molecular formula is C31H31N5O4S. The fourth-order valence-corrected chi connectivity index (χ4v) is 5.61. The Bertz CT molecular complexity index is 1510. The summed E-state index contributed by atoms with van der Waals surface area (Å²) in [5, 5.41) is 5.73. The van der Waals surface area contributed by atoms with Gasteiger partial charge in [-0.25, -0.2) is 9.89 Å². The first-order valence-electron chi connectivity index (χ1n) is 13.5. The monoisotopic (exact) mass is 569 g/mol. The molecule has 2 N–H and O–H groups in total. The van der Waals surface area contributed by atoms with Crippen molar-refractivity contribution in [3.63, 3.8) is 0 Å². The number of amides is 3. The van der Waals surface area contributed by atoms with Crippen molar-refractivity contribution < 1.29 is 19.1 Å². The van der Waals surface area contributed by atoms with E-state index in [2.05, 4.69) is 10.6 Å². The van der Waals surface area contributed by atoms with Crippen LogP contribution in [-0.2, 0) is 20.9 Å². The summed E-state index contributed by atoms with van der Waals surface area (Å²) in [7, 11) is 1.57. The van der Waals surface area contributed by atoms with Crippen LogP contribution in [0.5, 0.6) is 5.75 Å². The Morgan fingerprint density at radius 3 is 2.61 bits per heavy atom. The molecule has 41 heavy (non-hydrogen) atoms. The van der Waals surface area contributed by atoms with Crippen molar-refractivity contribution in [1.29, 1.82) is 0 Å². The zero-order chi connectivity index (χ0) is 28.8. The Balaban J connectivity index is 1.29. The van der Waals surface area contributed by atoms with Crippen LogP contribution in [0, 0.1) is 0 Å². The van der Waals surface area contributed by atoms with Gasteiger partial charge >= 0.3 is 0 Å². The maximum Gasteiger partial charge on any atom is 0.259 e. The Morgan fingerprint density at radius 1 is 1.05 bits per heavy atom. The number of para-hydroxylation sites is 1. The van der Waals surface area contributed by atoms with E-state index in [9.17, 15) is 14.4 Å². The third-order valence-electron chi connectivity index (χ3n) is 6.77. The number of benzene rings is 3. The van der Waals surface area contributed by atoms with Crippen LogP contribution in [0.3, 0.4) is 0 Å². The molecule has 0 saturated carbocycles. The molecule has 0 aliphatic carbocycles. The Kier molecular flexibility index (Phi) is 8.79. The largest absolute Gasteiger partial charge is 0.497 e. The van der Waals surface area contributed by atoms with Crippen LogP contribution in [0.1, 0.15) is 37.3 Å². The van der Waals surface area contributed by atoms with Crippen molar-refractivity contribution in [2.75, 3.05) is 12.4 Å². The molecule has 5 rings (SSSR count). The normalized spacial score (nSPS) is 16.2. The van der Waals surface area contributed by atoms with Crippen LogP contribution in [-0.4, -0.2) is 52.0 Å². The number of methoxy groups -OCH3 is 1. The van der Waals surface area contributed by atoms with Crippen LogP contribution in [0.15, 0.2) is 88.8 Å². The van der Waals surface area contributed by atoms with Crippen LogP contribution < -0.4 is 15.4 Å². The van der Waals surface area contributed by atoms with E-state index in [0.717, 1.165) is 11.1 Å². The number of carbonyl (C=O) groups is 3. The van der Waals surface area contributed by atoms with Crippen LogP contribution >= 0.6 is 11.8 Å². The molecule has 3 amide bonds. The Hall–Kier alpha value is -4.44. The van der Waals surface area contributed by atoms with Gasteiger partial charge in [0.15, 0.2) is 5.17 Å². The zero-order valence-electron chi connectivity index (χ0n) is 22.9. The number of carbonyl (C=O) groups excluding carboxylic acids is 3. The highest BCUT2D eigenvalue weighted by Gasteiger charge is 2.42. The van der Waals surface area contributed by atoms with E-state index in [0.29, 0.717) is 41.1 Å². The maximum atomic E-state index is 13.6. The molecule has 210 valence electrons. The number of anilines is 1. The third-order valence-corrected chi connectivity index (χ3v) is 8.09. The van der Waals surface area contributed by atoms with Crippen LogP contribution in [0.4, 0.5) is 11.4 Å². The fourth-order valence-electron chi connectivity index (χ4n) is 4.59. The van der Waals surface area contributed by atoms with Gasteiger partial charge < -0.3 is 15.4 Å². The van der Waals surface area contributed by atoms with E-state index in [-0.39, 0.29) is 30.6 Å². The summed E-state index contributed by atoms with van der Waals surface area (Å²) >= 11 is 1.23. The highest BCUT2D eigenvalue weighted by Crippen LogP contribution is 2.36. The smallest absolute Gasteiger partial charge is 0.259 e. The SMILES string of the molecule is CC[C@@H](SC1=Nc2ccccc2C2=N[C@H](CCC(=O)NCc3ccccc3)C(=O)N12)C(=O)Nc1cccc(OC)c1. The number of hydrogen-bond acceptors (Lipinski definition) is 7. The van der Waals surface area contributed by atoms with Crippen molar-refractivity contribution >= 4 is 51.9 Å². The number of nitrogens with one attached hydrogen (secondary N) is 2. The molecule has 0 fully saturated rings. The number of ether oxygens (including phenoxy) is 1. The van der Waals surface area contributed by atoms with Gasteiger partial charge in [0.25, 0.3) is 5.91 Å². The average Bonchev–Trinajstić information content (AvgIpc) is 3.34. The Morgan fingerprint density at radius 2 is 1.83 bits per heavy atom. The fraction of sp³-hybridized carbons (Fsp3) is 0.258. The first-order chi connectivity index (χ1) is 20.0. The average molecular weight is 570 g/mol. The second-order valence-corrected chi connectivity index (χ2v) is 10.8. The molecule has 2 aliphatic rings. The van der Waals surface area contributed by atoms with E-state index in [1.165, 1.54) is 16.7 Å². The van der Waals surface area contributed by atoms with Crippen LogP contribution in [0.2, 0.25) is 0 Å². The van der Waals surface area contributed by atoms with E-state index >= 15 is 0 Å². The number of nitrogens with zero attached hydrogens (tertiary/aromatic N) is 3. The maximum absolute atomic E-state index is 13.6. The molecule has 2 heterocycles. The third kappa shape index (κ3) is 6.49. The summed E-state index contributed by atoms with van der Waals surface area (Å²) in [6.45, 7) is 2.34. The van der Waals surface area contributed by atoms with Crippen molar-refractivity contribution in [3.8, 4) is 5.75 Å². The standard InChI is InChI=1S/C31H31N5O4S/c1-3-26(29(38)33-21-12-9-13-22(18-21)40-2)41-31-35-24-15-8-7-14-23(24)28-34-25(30(39)36(28)31)16-17-27(37)32-19-20-10-5-4-6-11-20/h4-15,18,25-26H,3,16-17,19H2,1-2H3,(H,32,37)(H,33,38)/t25-,26-/m1/s1. The summed E-state index contributed by atoms with van der Waals surface area (Å²) in [6, 6.07) is 23.6. The summed E-state index contributed by atoms with van der Waals surface area (Å²) in [4.78, 5) is 50.4. The number of fused-ring (bicyclic) bond motifs is 3. The highest BCUT2D eigenvalue weighted by atomic mass is 32.2. The van der Waals surface area contributed by atoms with Crippen molar-refractivity contribution in [3.05, 3.63) is 90.0 Å². The van der Waals surface area contributed by atoms with Gasteiger partial charge in [-0.2, -0.15) is 0 Å². The van der Waals surface area contributed by atoms with Gasteiger partial charge in [-0.05, 0) is 42.7 Å². The quantitative estimate of drug-likeness (QED) is 0.361. The van der Waals surface area contributed by atoms with Crippen molar-refractivity contribution in [1.82, 2.24) is 10.2 Å². The lowest BCUT2D eigenvalue weighted by atomic mass is 10.1. The minimum Gasteiger partial charge on any atom is -0.497 e. The number of aliphatic imine (C=N–C) groups is 2. The Labute approximate surface area is 243 Å². The van der Waals surface area contributed by atoms with Gasteiger partial charge in [-0.3, -0.25) is 19.4 Å². The first kappa shape index (κ1) is 28.1. The van der Waals surface area contributed by atoms with Gasteiger partial charge in [0, 0.05) is 30.3 Å². The molecule has 2 aliphatic heterocycles. The highest BCUT2D eigenvalue weighted by molar-refractivity contribution is 8.15. The van der Waals surface area contributed by atoms with Gasteiger partial charge in [0.1, 0.15) is 17.6 Å². The molecule has 10 heteroatoms. The first-order valence-corrected chi connectivity index (χ1v) is 14.4. The van der Waals surface area contributed by atoms with Crippen molar-refractivity contribution in [2.24, 2.45) is 9.98 Å². The number of thioether (sulfide) groups is 1. The zero-order valence-corrected chi connectivity index (χ0v) is 23.7. The molecule has 3 aromatic carbocycles. The lowest BCUT2D eigenvalue weighted by molar-refractivity contribution is -0.125. The summed E-state index contributed by atoms with van der Waals surface area (Å²) in [6.07, 6.45) is 0.948. The number of amidine groups is 2. The van der Waals surface area contributed by atoms with Crippen LogP contribution in [0.25, 0.3) is 0 Å². The second kappa shape index (κ2) is 12.8. The number of hydrogen-bond donors (Lipinski definition) is 2. The molecule has 0 radical (unpaired) electrons. The predicted octanol–water partition coefficient (Wildman–Crippen LogP) is 4.90. The molecule has 0 spiro atoms. The molecule has 9 nitrogen and oxygen atoms in total. The lowest BCUT2D eigenvalue weighted by Gasteiger charge is -2.27. The number of rotatable bonds is 10. The van der Waals surface area contributed by atoms with E-state index in [1.807, 2.05) is 61.5 Å². The van der Waals surface area contributed by atoms with Crippen molar-refractivity contribution in [2.45, 2.75) is 44.0 Å². The van der Waals surface area contributed by atoms with E-state index in [4.69, 9.17) is 14.7 Å². The molecule has 0 bridgehead atoms. The molecule has 0 aromatic heterocycles. The minimum atomic E-state index is -0.713. The topological polar surface area (TPSA) is 112 Å². The van der Waals surface area contributed by atoms with E-state index in [1.54, 1.807) is 31.4 Å². The molecule has 2 atom stereocenters. The molecular weight excluding hydrogens is 538 g/mol. The molecule has 3 aromatic rings.